The minimum Gasteiger partial charge on any atom is -0.508 e. The normalized spacial score (nSPS) is 24.3. The number of benzene rings is 1. The Hall–Kier alpha value is -1.24. The maximum absolute atomic E-state index is 9.85. The van der Waals surface area contributed by atoms with Crippen LogP contribution in [0, 0.1) is 0 Å². The molecule has 1 aliphatic carbocycles. The second-order valence-electron chi connectivity index (χ2n) is 4.22. The summed E-state index contributed by atoms with van der Waals surface area (Å²) in [5.74, 6) is 0.897. The number of hydrogen-bond acceptors (Lipinski definition) is 1. The maximum atomic E-state index is 9.85. The van der Waals surface area contributed by atoms with E-state index in [9.17, 15) is 5.11 Å². The minimum atomic E-state index is 0.448. The lowest BCUT2D eigenvalue weighted by molar-refractivity contribution is 0.452. The first-order valence-corrected chi connectivity index (χ1v) is 5.76. The SMILES string of the molecule is C/C=C1\CCCCC1c1ccccc1O. The highest BCUT2D eigenvalue weighted by Gasteiger charge is 2.21. The average molecular weight is 202 g/mol. The topological polar surface area (TPSA) is 20.2 Å². The minimum absolute atomic E-state index is 0.448. The Morgan fingerprint density at radius 3 is 2.80 bits per heavy atom. The highest BCUT2D eigenvalue weighted by atomic mass is 16.3. The zero-order valence-electron chi connectivity index (χ0n) is 9.24. The highest BCUT2D eigenvalue weighted by Crippen LogP contribution is 2.40. The van der Waals surface area contributed by atoms with Crippen molar-refractivity contribution in [1.82, 2.24) is 0 Å². The number of phenols is 1. The molecule has 1 aliphatic rings. The molecule has 80 valence electrons. The molecule has 2 rings (SSSR count). The van der Waals surface area contributed by atoms with Crippen molar-refractivity contribution in [2.24, 2.45) is 0 Å². The Morgan fingerprint density at radius 1 is 1.27 bits per heavy atom. The van der Waals surface area contributed by atoms with Crippen molar-refractivity contribution in [3.8, 4) is 5.75 Å². The molecule has 15 heavy (non-hydrogen) atoms. The second kappa shape index (κ2) is 4.52. The molecule has 0 amide bonds. The summed E-state index contributed by atoms with van der Waals surface area (Å²) < 4.78 is 0. The van der Waals surface area contributed by atoms with Crippen LogP contribution < -0.4 is 0 Å². The van der Waals surface area contributed by atoms with Crippen LogP contribution in [0.2, 0.25) is 0 Å². The molecule has 1 fully saturated rings. The molecular formula is C14H18O. The van der Waals surface area contributed by atoms with E-state index in [0.29, 0.717) is 11.7 Å². The van der Waals surface area contributed by atoms with E-state index >= 15 is 0 Å². The summed E-state index contributed by atoms with van der Waals surface area (Å²) in [6, 6.07) is 7.74. The molecule has 1 heteroatoms. The quantitative estimate of drug-likeness (QED) is 0.682. The number of allylic oxidation sites excluding steroid dienone is 2. The molecular weight excluding hydrogens is 184 g/mol. The molecule has 0 aromatic heterocycles. The first-order valence-electron chi connectivity index (χ1n) is 5.76. The second-order valence-corrected chi connectivity index (χ2v) is 4.22. The van der Waals surface area contributed by atoms with Crippen LogP contribution in [-0.4, -0.2) is 5.11 Å². The van der Waals surface area contributed by atoms with Crippen molar-refractivity contribution in [2.45, 2.75) is 38.5 Å². The predicted octanol–water partition coefficient (Wildman–Crippen LogP) is 4.00. The number of rotatable bonds is 1. The van der Waals surface area contributed by atoms with Crippen LogP contribution in [0.1, 0.15) is 44.1 Å². The molecule has 1 aromatic rings. The average Bonchev–Trinajstić information content (AvgIpc) is 2.30. The van der Waals surface area contributed by atoms with Crippen LogP contribution in [0.5, 0.6) is 5.75 Å². The van der Waals surface area contributed by atoms with E-state index in [4.69, 9.17) is 0 Å². The number of phenolic OH excluding ortho intramolecular Hbond substituents is 1. The smallest absolute Gasteiger partial charge is 0.119 e. The number of hydrogen-bond donors (Lipinski definition) is 1. The Balaban J connectivity index is 2.33. The van der Waals surface area contributed by atoms with Crippen molar-refractivity contribution < 1.29 is 5.11 Å². The molecule has 0 saturated heterocycles. The molecule has 1 unspecified atom stereocenters. The third-order valence-corrected chi connectivity index (χ3v) is 3.34. The van der Waals surface area contributed by atoms with E-state index in [1.54, 1.807) is 6.07 Å². The van der Waals surface area contributed by atoms with Crippen LogP contribution in [0.4, 0.5) is 0 Å². The Bertz CT molecular complexity index is 365. The lowest BCUT2D eigenvalue weighted by Gasteiger charge is -2.26. The van der Waals surface area contributed by atoms with Crippen LogP contribution in [0.3, 0.4) is 0 Å². The standard InChI is InChI=1S/C14H18O/c1-2-11-7-3-4-8-12(11)13-9-5-6-10-14(13)15/h2,5-6,9-10,12,15H,3-4,7-8H2,1H3/b11-2+. The highest BCUT2D eigenvalue weighted by molar-refractivity contribution is 5.40. The third kappa shape index (κ3) is 2.06. The van der Waals surface area contributed by atoms with Crippen LogP contribution in [0.15, 0.2) is 35.9 Å². The van der Waals surface area contributed by atoms with Gasteiger partial charge in [-0.25, -0.2) is 0 Å². The van der Waals surface area contributed by atoms with Gasteiger partial charge in [0.05, 0.1) is 0 Å². The molecule has 0 spiro atoms. The van der Waals surface area contributed by atoms with Crippen LogP contribution >= 0.6 is 0 Å². The van der Waals surface area contributed by atoms with Crippen molar-refractivity contribution in [2.75, 3.05) is 0 Å². The van der Waals surface area contributed by atoms with E-state index < -0.39 is 0 Å². The van der Waals surface area contributed by atoms with Gasteiger partial charge in [-0.3, -0.25) is 0 Å². The fourth-order valence-electron chi connectivity index (χ4n) is 2.52. The molecule has 1 saturated carbocycles. The summed E-state index contributed by atoms with van der Waals surface area (Å²) in [4.78, 5) is 0. The Kier molecular flexibility index (Phi) is 3.10. The Morgan fingerprint density at radius 2 is 2.07 bits per heavy atom. The van der Waals surface area contributed by atoms with Gasteiger partial charge in [0.15, 0.2) is 0 Å². The van der Waals surface area contributed by atoms with Gasteiger partial charge in [0.1, 0.15) is 5.75 Å². The Labute approximate surface area is 91.4 Å². The first kappa shape index (κ1) is 10.3. The lowest BCUT2D eigenvalue weighted by atomic mass is 9.79. The zero-order valence-corrected chi connectivity index (χ0v) is 9.24. The van der Waals surface area contributed by atoms with Gasteiger partial charge in [0, 0.05) is 11.5 Å². The lowest BCUT2D eigenvalue weighted by Crippen LogP contribution is -2.08. The van der Waals surface area contributed by atoms with Crippen molar-refractivity contribution >= 4 is 0 Å². The summed E-state index contributed by atoms with van der Waals surface area (Å²) >= 11 is 0. The predicted molar refractivity (Wildman–Crippen MR) is 63.1 cm³/mol. The summed E-state index contributed by atoms with van der Waals surface area (Å²) in [6.45, 7) is 2.10. The van der Waals surface area contributed by atoms with E-state index in [-0.39, 0.29) is 0 Å². The summed E-state index contributed by atoms with van der Waals surface area (Å²) in [6.07, 6.45) is 7.16. The van der Waals surface area contributed by atoms with E-state index in [2.05, 4.69) is 19.1 Å². The van der Waals surface area contributed by atoms with Crippen molar-refractivity contribution in [3.63, 3.8) is 0 Å². The van der Waals surface area contributed by atoms with Gasteiger partial charge in [0.25, 0.3) is 0 Å². The fourth-order valence-corrected chi connectivity index (χ4v) is 2.52. The maximum Gasteiger partial charge on any atom is 0.119 e. The van der Waals surface area contributed by atoms with Gasteiger partial charge in [-0.05, 0) is 32.3 Å². The fraction of sp³-hybridized carbons (Fsp3) is 0.429. The van der Waals surface area contributed by atoms with E-state index in [0.717, 1.165) is 5.56 Å². The van der Waals surface area contributed by atoms with Gasteiger partial charge < -0.3 is 5.11 Å². The van der Waals surface area contributed by atoms with Gasteiger partial charge >= 0.3 is 0 Å². The van der Waals surface area contributed by atoms with Gasteiger partial charge in [-0.2, -0.15) is 0 Å². The van der Waals surface area contributed by atoms with Gasteiger partial charge in [-0.1, -0.05) is 36.3 Å². The molecule has 0 bridgehead atoms. The van der Waals surface area contributed by atoms with Crippen molar-refractivity contribution in [3.05, 3.63) is 41.5 Å². The summed E-state index contributed by atoms with van der Waals surface area (Å²) in [5.41, 5.74) is 2.59. The number of para-hydroxylation sites is 1. The van der Waals surface area contributed by atoms with Gasteiger partial charge in [-0.15, -0.1) is 0 Å². The third-order valence-electron chi connectivity index (χ3n) is 3.34. The van der Waals surface area contributed by atoms with Crippen LogP contribution in [-0.2, 0) is 0 Å². The summed E-state index contributed by atoms with van der Waals surface area (Å²) in [7, 11) is 0. The van der Waals surface area contributed by atoms with E-state index in [1.165, 1.54) is 31.3 Å². The molecule has 0 aliphatic heterocycles. The molecule has 1 aromatic carbocycles. The largest absolute Gasteiger partial charge is 0.508 e. The number of aromatic hydroxyl groups is 1. The van der Waals surface area contributed by atoms with Crippen LogP contribution in [0.25, 0.3) is 0 Å². The molecule has 0 radical (unpaired) electrons. The summed E-state index contributed by atoms with van der Waals surface area (Å²) in [5, 5.41) is 9.85. The monoisotopic (exact) mass is 202 g/mol. The van der Waals surface area contributed by atoms with Gasteiger partial charge in [0.2, 0.25) is 0 Å². The molecule has 0 heterocycles. The first-order chi connectivity index (χ1) is 7.33. The molecule has 1 N–H and O–H groups in total. The molecule has 1 nitrogen and oxygen atoms in total. The van der Waals surface area contributed by atoms with E-state index in [1.807, 2.05) is 12.1 Å². The zero-order chi connectivity index (χ0) is 10.7. The van der Waals surface area contributed by atoms with Crippen molar-refractivity contribution in [1.29, 1.82) is 0 Å². The molecule has 1 atom stereocenters.